The van der Waals surface area contributed by atoms with Gasteiger partial charge in [-0.05, 0) is 29.2 Å². The van der Waals surface area contributed by atoms with Crippen LogP contribution in [-0.4, -0.2) is 20.6 Å². The highest BCUT2D eigenvalue weighted by Gasteiger charge is 2.07. The lowest BCUT2D eigenvalue weighted by Crippen LogP contribution is -2.23. The molecule has 3 N–H and O–H groups in total. The molecule has 7 heteroatoms. The number of halogens is 1. The summed E-state index contributed by atoms with van der Waals surface area (Å²) in [6.07, 6.45) is 2.15. The zero-order valence-corrected chi connectivity index (χ0v) is 15.7. The molecule has 0 bridgehead atoms. The van der Waals surface area contributed by atoms with E-state index in [1.54, 1.807) is 18.2 Å². The van der Waals surface area contributed by atoms with Crippen molar-refractivity contribution in [2.24, 2.45) is 0 Å². The summed E-state index contributed by atoms with van der Waals surface area (Å²) in [6, 6.07) is 14.7. The lowest BCUT2D eigenvalue weighted by Gasteiger charge is -2.08. The number of rotatable bonds is 7. The van der Waals surface area contributed by atoms with Gasteiger partial charge in [0.05, 0.1) is 5.75 Å². The highest BCUT2D eigenvalue weighted by Crippen LogP contribution is 2.13. The van der Waals surface area contributed by atoms with E-state index in [-0.39, 0.29) is 24.1 Å². The van der Waals surface area contributed by atoms with Crippen molar-refractivity contribution < 1.29 is 13.2 Å². The summed E-state index contributed by atoms with van der Waals surface area (Å²) < 4.78 is 22.7. The summed E-state index contributed by atoms with van der Waals surface area (Å²) in [6.45, 7) is 0.376. The number of nitrogens with one attached hydrogen (secondary N) is 1. The molecule has 25 heavy (non-hydrogen) atoms. The normalized spacial score (nSPS) is 10.8. The molecule has 0 aromatic heterocycles. The molecule has 0 fully saturated rings. The molecular formula is C18H23ClN2O3S. The van der Waals surface area contributed by atoms with Crippen molar-refractivity contribution in [1.82, 2.24) is 5.32 Å². The number of carbonyl (C=O) groups is 1. The predicted molar refractivity (Wildman–Crippen MR) is 103 cm³/mol. The Bertz CT molecular complexity index is 823. The standard InChI is InChI=1S/C18H22N2O3S.ClH/c1-24(22,23)13-15-6-4-5-14(11-15)12-20-18(21)10-9-16-7-2-3-8-17(16)19;/h2-8,11H,9-10,12-13,19H2,1H3,(H,20,21);1H. The van der Waals surface area contributed by atoms with Gasteiger partial charge in [-0.1, -0.05) is 42.5 Å². The molecule has 0 saturated heterocycles. The van der Waals surface area contributed by atoms with Crippen LogP contribution in [-0.2, 0) is 33.4 Å². The number of aryl methyl sites for hydroxylation is 1. The molecule has 2 aromatic rings. The van der Waals surface area contributed by atoms with E-state index < -0.39 is 9.84 Å². The average Bonchev–Trinajstić information content (AvgIpc) is 2.51. The number of hydrogen-bond donors (Lipinski definition) is 2. The van der Waals surface area contributed by atoms with Crippen molar-refractivity contribution in [3.05, 3.63) is 65.2 Å². The van der Waals surface area contributed by atoms with Gasteiger partial charge in [-0.3, -0.25) is 4.79 Å². The second-order valence-electron chi connectivity index (χ2n) is 5.87. The topological polar surface area (TPSA) is 89.3 Å². The quantitative estimate of drug-likeness (QED) is 0.720. The molecule has 0 aliphatic carbocycles. The molecule has 0 unspecified atom stereocenters. The van der Waals surface area contributed by atoms with E-state index in [0.717, 1.165) is 16.7 Å². The summed E-state index contributed by atoms with van der Waals surface area (Å²) in [5.74, 6) is -0.0611. The minimum atomic E-state index is -3.07. The summed E-state index contributed by atoms with van der Waals surface area (Å²) in [5, 5.41) is 2.85. The van der Waals surface area contributed by atoms with Gasteiger partial charge < -0.3 is 11.1 Å². The predicted octanol–water partition coefficient (Wildman–Crippen LogP) is 2.48. The van der Waals surface area contributed by atoms with Crippen LogP contribution >= 0.6 is 12.4 Å². The molecule has 5 nitrogen and oxygen atoms in total. The number of anilines is 1. The molecule has 2 aromatic carbocycles. The smallest absolute Gasteiger partial charge is 0.220 e. The fraction of sp³-hybridized carbons (Fsp3) is 0.278. The van der Waals surface area contributed by atoms with Gasteiger partial charge in [-0.2, -0.15) is 0 Å². The summed E-state index contributed by atoms with van der Waals surface area (Å²) in [5.41, 5.74) is 9.11. The molecule has 0 radical (unpaired) electrons. The third-order valence-corrected chi connectivity index (χ3v) is 4.44. The number of benzene rings is 2. The monoisotopic (exact) mass is 382 g/mol. The van der Waals surface area contributed by atoms with Crippen molar-refractivity contribution in [1.29, 1.82) is 0 Å². The van der Waals surface area contributed by atoms with Crippen LogP contribution in [0.2, 0.25) is 0 Å². The third-order valence-electron chi connectivity index (χ3n) is 3.59. The van der Waals surface area contributed by atoms with Crippen molar-refractivity contribution in [2.75, 3.05) is 12.0 Å². The van der Waals surface area contributed by atoms with Crippen LogP contribution in [0.25, 0.3) is 0 Å². The number of sulfone groups is 1. The maximum atomic E-state index is 12.0. The summed E-state index contributed by atoms with van der Waals surface area (Å²) in [7, 11) is -3.07. The summed E-state index contributed by atoms with van der Waals surface area (Å²) >= 11 is 0. The summed E-state index contributed by atoms with van der Waals surface area (Å²) in [4.78, 5) is 12.0. The van der Waals surface area contributed by atoms with Crippen molar-refractivity contribution in [3.8, 4) is 0 Å². The molecule has 136 valence electrons. The van der Waals surface area contributed by atoms with Crippen LogP contribution < -0.4 is 11.1 Å². The molecule has 0 atom stereocenters. The zero-order valence-electron chi connectivity index (χ0n) is 14.1. The first-order valence-electron chi connectivity index (χ1n) is 7.69. The van der Waals surface area contributed by atoms with Crippen LogP contribution in [0.4, 0.5) is 5.69 Å². The largest absolute Gasteiger partial charge is 0.399 e. The fourth-order valence-electron chi connectivity index (χ4n) is 2.43. The van der Waals surface area contributed by atoms with E-state index in [2.05, 4.69) is 5.32 Å². The number of amides is 1. The van der Waals surface area contributed by atoms with Gasteiger partial charge in [0.1, 0.15) is 0 Å². The Morgan fingerprint density at radius 1 is 1.08 bits per heavy atom. The number of nitrogens with two attached hydrogens (primary N) is 1. The van der Waals surface area contributed by atoms with Gasteiger partial charge in [0, 0.05) is 24.9 Å². The second-order valence-corrected chi connectivity index (χ2v) is 8.01. The third kappa shape index (κ3) is 7.58. The van der Waals surface area contributed by atoms with E-state index in [1.807, 2.05) is 30.3 Å². The first-order valence-corrected chi connectivity index (χ1v) is 9.75. The molecular weight excluding hydrogens is 360 g/mol. The van der Waals surface area contributed by atoms with Crippen molar-refractivity contribution in [2.45, 2.75) is 25.1 Å². The maximum Gasteiger partial charge on any atom is 0.220 e. The highest BCUT2D eigenvalue weighted by atomic mass is 35.5. The molecule has 0 spiro atoms. The minimum absolute atomic E-state index is 0. The van der Waals surface area contributed by atoms with Crippen LogP contribution in [0, 0.1) is 0 Å². The Kier molecular flexibility index (Phi) is 7.93. The second kappa shape index (κ2) is 9.44. The highest BCUT2D eigenvalue weighted by molar-refractivity contribution is 7.89. The number of carbonyl (C=O) groups excluding carboxylic acids is 1. The van der Waals surface area contributed by atoms with E-state index in [9.17, 15) is 13.2 Å². The van der Waals surface area contributed by atoms with Crippen molar-refractivity contribution >= 4 is 33.8 Å². The van der Waals surface area contributed by atoms with Crippen LogP contribution in [0.15, 0.2) is 48.5 Å². The Balaban J connectivity index is 0.00000312. The lowest BCUT2D eigenvalue weighted by molar-refractivity contribution is -0.121. The van der Waals surface area contributed by atoms with Gasteiger partial charge in [0.15, 0.2) is 9.84 Å². The van der Waals surface area contributed by atoms with Gasteiger partial charge >= 0.3 is 0 Å². The Morgan fingerprint density at radius 3 is 2.44 bits per heavy atom. The number of para-hydroxylation sites is 1. The van der Waals surface area contributed by atoms with Crippen LogP contribution in [0.1, 0.15) is 23.1 Å². The molecule has 0 heterocycles. The van der Waals surface area contributed by atoms with Gasteiger partial charge in [-0.25, -0.2) is 8.42 Å². The first kappa shape index (κ1) is 21.0. The van der Waals surface area contributed by atoms with E-state index in [0.29, 0.717) is 25.1 Å². The number of nitrogen functional groups attached to an aromatic ring is 1. The van der Waals surface area contributed by atoms with Gasteiger partial charge in [0.2, 0.25) is 5.91 Å². The van der Waals surface area contributed by atoms with E-state index in [4.69, 9.17) is 5.73 Å². The van der Waals surface area contributed by atoms with E-state index >= 15 is 0 Å². The first-order chi connectivity index (χ1) is 11.3. The van der Waals surface area contributed by atoms with Crippen LogP contribution in [0.3, 0.4) is 0 Å². The Labute approximate surface area is 155 Å². The van der Waals surface area contributed by atoms with Gasteiger partial charge in [-0.15, -0.1) is 12.4 Å². The molecule has 0 aliphatic rings. The molecule has 0 saturated carbocycles. The Morgan fingerprint density at radius 2 is 1.76 bits per heavy atom. The Hall–Kier alpha value is -2.05. The van der Waals surface area contributed by atoms with Crippen LogP contribution in [0.5, 0.6) is 0 Å². The van der Waals surface area contributed by atoms with Gasteiger partial charge in [0.25, 0.3) is 0 Å². The average molecular weight is 383 g/mol. The zero-order chi connectivity index (χ0) is 17.6. The van der Waals surface area contributed by atoms with E-state index in [1.165, 1.54) is 6.26 Å². The SMILES string of the molecule is CS(=O)(=O)Cc1cccc(CNC(=O)CCc2ccccc2N)c1.Cl. The molecule has 2 rings (SSSR count). The minimum Gasteiger partial charge on any atom is -0.399 e. The maximum absolute atomic E-state index is 12.0. The van der Waals surface area contributed by atoms with Crippen molar-refractivity contribution in [3.63, 3.8) is 0 Å². The fourth-order valence-corrected chi connectivity index (χ4v) is 3.22. The lowest BCUT2D eigenvalue weighted by atomic mass is 10.1. The molecule has 0 aliphatic heterocycles. The molecule has 1 amide bonds. The number of hydrogen-bond acceptors (Lipinski definition) is 4.